The summed E-state index contributed by atoms with van der Waals surface area (Å²) in [6.07, 6.45) is 0.909. The summed E-state index contributed by atoms with van der Waals surface area (Å²) in [4.78, 5) is 0. The van der Waals surface area contributed by atoms with E-state index in [-0.39, 0.29) is 0 Å². The van der Waals surface area contributed by atoms with Crippen molar-refractivity contribution in [2.75, 3.05) is 7.11 Å². The number of aliphatic hydroxyl groups excluding tert-OH is 1. The van der Waals surface area contributed by atoms with E-state index in [0.717, 1.165) is 5.76 Å². The molecular formula is C10H14O3. The third kappa shape index (κ3) is 2.12. The summed E-state index contributed by atoms with van der Waals surface area (Å²) in [5.41, 5.74) is 0. The van der Waals surface area contributed by atoms with Gasteiger partial charge in [0.2, 0.25) is 0 Å². The van der Waals surface area contributed by atoms with Gasteiger partial charge in [0.05, 0.1) is 7.11 Å². The second-order valence-electron chi connectivity index (χ2n) is 2.75. The van der Waals surface area contributed by atoms with Gasteiger partial charge >= 0.3 is 0 Å². The first-order chi connectivity index (χ1) is 6.19. The predicted molar refractivity (Wildman–Crippen MR) is 49.2 cm³/mol. The van der Waals surface area contributed by atoms with Crippen LogP contribution >= 0.6 is 0 Å². The van der Waals surface area contributed by atoms with Gasteiger partial charge in [-0.05, 0) is 32.1 Å². The molecule has 0 aromatic carbocycles. The molecular weight excluding hydrogens is 168 g/mol. The van der Waals surface area contributed by atoms with Crippen molar-refractivity contribution in [1.82, 2.24) is 0 Å². The molecule has 1 aromatic heterocycles. The van der Waals surface area contributed by atoms with Gasteiger partial charge in [0.25, 0.3) is 0 Å². The van der Waals surface area contributed by atoms with E-state index in [1.807, 2.05) is 13.0 Å². The number of aliphatic hydroxyl groups is 1. The molecule has 13 heavy (non-hydrogen) atoms. The van der Waals surface area contributed by atoms with E-state index in [2.05, 4.69) is 0 Å². The SMILES string of the molecule is C/C=C(/OC)C(O)c1ccc(C)o1. The van der Waals surface area contributed by atoms with Gasteiger partial charge in [0.15, 0.2) is 6.10 Å². The van der Waals surface area contributed by atoms with Crippen molar-refractivity contribution in [1.29, 1.82) is 0 Å². The molecule has 3 heteroatoms. The molecule has 0 aliphatic rings. The maximum absolute atomic E-state index is 9.71. The Bertz CT molecular complexity index is 299. The Kier molecular flexibility index (Phi) is 3.14. The highest BCUT2D eigenvalue weighted by molar-refractivity contribution is 5.15. The molecule has 72 valence electrons. The van der Waals surface area contributed by atoms with Crippen LogP contribution in [0.4, 0.5) is 0 Å². The Balaban J connectivity index is 2.84. The lowest BCUT2D eigenvalue weighted by atomic mass is 10.2. The van der Waals surface area contributed by atoms with Crippen LogP contribution in [0, 0.1) is 6.92 Å². The van der Waals surface area contributed by atoms with Gasteiger partial charge in [-0.25, -0.2) is 0 Å². The molecule has 0 fully saturated rings. The van der Waals surface area contributed by atoms with Gasteiger partial charge < -0.3 is 14.3 Å². The molecule has 0 saturated heterocycles. The van der Waals surface area contributed by atoms with Crippen LogP contribution in [0.1, 0.15) is 24.5 Å². The van der Waals surface area contributed by atoms with Gasteiger partial charge in [-0.1, -0.05) is 0 Å². The monoisotopic (exact) mass is 182 g/mol. The normalized spacial score (nSPS) is 14.3. The summed E-state index contributed by atoms with van der Waals surface area (Å²) in [5, 5.41) is 9.71. The molecule has 0 bridgehead atoms. The topological polar surface area (TPSA) is 42.6 Å². The van der Waals surface area contributed by atoms with Crippen LogP contribution in [0.2, 0.25) is 0 Å². The van der Waals surface area contributed by atoms with Gasteiger partial charge in [-0.3, -0.25) is 0 Å². The second kappa shape index (κ2) is 4.14. The predicted octanol–water partition coefficient (Wildman–Crippen LogP) is 2.17. The summed E-state index contributed by atoms with van der Waals surface area (Å²) in [6, 6.07) is 3.55. The Labute approximate surface area is 77.6 Å². The molecule has 0 saturated carbocycles. The highest BCUT2D eigenvalue weighted by Gasteiger charge is 2.16. The quantitative estimate of drug-likeness (QED) is 0.728. The van der Waals surface area contributed by atoms with Crippen LogP contribution in [-0.4, -0.2) is 12.2 Å². The molecule has 3 nitrogen and oxygen atoms in total. The molecule has 1 unspecified atom stereocenters. The molecule has 1 rings (SSSR count). The Morgan fingerprint density at radius 3 is 2.69 bits per heavy atom. The second-order valence-corrected chi connectivity index (χ2v) is 2.75. The van der Waals surface area contributed by atoms with E-state index in [0.29, 0.717) is 11.5 Å². The number of allylic oxidation sites excluding steroid dienone is 1. The minimum absolute atomic E-state index is 0.495. The smallest absolute Gasteiger partial charge is 0.168 e. The average molecular weight is 182 g/mol. The standard InChI is InChI=1S/C10H14O3/c1-4-8(12-3)10(11)9-6-5-7(2)13-9/h4-6,10-11H,1-3H3/b8-4+. The van der Waals surface area contributed by atoms with Gasteiger partial charge in [-0.15, -0.1) is 0 Å². The van der Waals surface area contributed by atoms with Crippen LogP contribution < -0.4 is 0 Å². The summed E-state index contributed by atoms with van der Waals surface area (Å²) in [6.45, 7) is 3.64. The Morgan fingerprint density at radius 2 is 2.31 bits per heavy atom. The first-order valence-corrected chi connectivity index (χ1v) is 4.13. The first kappa shape index (κ1) is 9.86. The van der Waals surface area contributed by atoms with Gasteiger partial charge in [0.1, 0.15) is 17.3 Å². The van der Waals surface area contributed by atoms with E-state index in [1.165, 1.54) is 7.11 Å². The van der Waals surface area contributed by atoms with Crippen molar-refractivity contribution in [2.45, 2.75) is 20.0 Å². The maximum Gasteiger partial charge on any atom is 0.168 e. The fraction of sp³-hybridized carbons (Fsp3) is 0.400. The van der Waals surface area contributed by atoms with E-state index in [9.17, 15) is 5.11 Å². The largest absolute Gasteiger partial charge is 0.498 e. The fourth-order valence-electron chi connectivity index (χ4n) is 1.13. The van der Waals surface area contributed by atoms with Crippen molar-refractivity contribution in [3.8, 4) is 0 Å². The Morgan fingerprint density at radius 1 is 1.62 bits per heavy atom. The van der Waals surface area contributed by atoms with E-state index in [1.54, 1.807) is 19.1 Å². The minimum atomic E-state index is -0.802. The van der Waals surface area contributed by atoms with Crippen LogP contribution in [0.5, 0.6) is 0 Å². The number of methoxy groups -OCH3 is 1. The molecule has 1 heterocycles. The van der Waals surface area contributed by atoms with E-state index < -0.39 is 6.10 Å². The zero-order valence-electron chi connectivity index (χ0n) is 8.07. The highest BCUT2D eigenvalue weighted by Crippen LogP contribution is 2.23. The molecule has 0 radical (unpaired) electrons. The van der Waals surface area contributed by atoms with Crippen molar-refractivity contribution < 1.29 is 14.3 Å². The third-order valence-corrected chi connectivity index (χ3v) is 1.82. The molecule has 0 spiro atoms. The summed E-state index contributed by atoms with van der Waals surface area (Å²) < 4.78 is 10.2. The molecule has 0 amide bonds. The van der Waals surface area contributed by atoms with Gasteiger partial charge in [-0.2, -0.15) is 0 Å². The minimum Gasteiger partial charge on any atom is -0.498 e. The zero-order chi connectivity index (χ0) is 9.84. The lowest BCUT2D eigenvalue weighted by molar-refractivity contribution is 0.110. The number of ether oxygens (including phenoxy) is 1. The fourth-order valence-corrected chi connectivity index (χ4v) is 1.13. The van der Waals surface area contributed by atoms with Gasteiger partial charge in [0, 0.05) is 0 Å². The number of furan rings is 1. The van der Waals surface area contributed by atoms with Crippen molar-refractivity contribution >= 4 is 0 Å². The van der Waals surface area contributed by atoms with Crippen molar-refractivity contribution in [2.24, 2.45) is 0 Å². The van der Waals surface area contributed by atoms with E-state index >= 15 is 0 Å². The van der Waals surface area contributed by atoms with Crippen molar-refractivity contribution in [3.05, 3.63) is 35.5 Å². The van der Waals surface area contributed by atoms with Crippen LogP contribution in [0.3, 0.4) is 0 Å². The zero-order valence-corrected chi connectivity index (χ0v) is 8.07. The summed E-state index contributed by atoms with van der Waals surface area (Å²) >= 11 is 0. The summed E-state index contributed by atoms with van der Waals surface area (Å²) in [5.74, 6) is 1.78. The molecule has 0 aliphatic carbocycles. The lowest BCUT2D eigenvalue weighted by Gasteiger charge is -2.10. The highest BCUT2D eigenvalue weighted by atomic mass is 16.5. The molecule has 1 atom stereocenters. The Hall–Kier alpha value is -1.22. The van der Waals surface area contributed by atoms with Crippen LogP contribution in [0.15, 0.2) is 28.4 Å². The van der Waals surface area contributed by atoms with E-state index in [4.69, 9.17) is 9.15 Å². The molecule has 1 aromatic rings. The summed E-state index contributed by atoms with van der Waals surface area (Å²) in [7, 11) is 1.52. The number of rotatable bonds is 3. The number of aryl methyl sites for hydroxylation is 1. The number of hydrogen-bond donors (Lipinski definition) is 1. The average Bonchev–Trinajstić information content (AvgIpc) is 2.54. The van der Waals surface area contributed by atoms with Crippen LogP contribution in [-0.2, 0) is 4.74 Å². The molecule has 1 N–H and O–H groups in total. The maximum atomic E-state index is 9.71. The lowest BCUT2D eigenvalue weighted by Crippen LogP contribution is -2.01. The first-order valence-electron chi connectivity index (χ1n) is 4.13. The van der Waals surface area contributed by atoms with Crippen molar-refractivity contribution in [3.63, 3.8) is 0 Å². The third-order valence-electron chi connectivity index (χ3n) is 1.82. The number of hydrogen-bond acceptors (Lipinski definition) is 3. The molecule has 0 aliphatic heterocycles. The van der Waals surface area contributed by atoms with Crippen LogP contribution in [0.25, 0.3) is 0 Å².